The molecule has 0 aliphatic heterocycles. The summed E-state index contributed by atoms with van der Waals surface area (Å²) in [5.41, 5.74) is 0.471. The van der Waals surface area contributed by atoms with Crippen molar-refractivity contribution in [3.05, 3.63) is 39.3 Å². The molecule has 16 heavy (non-hydrogen) atoms. The number of nitrogens with zero attached hydrogens (tertiary/aromatic N) is 2. The van der Waals surface area contributed by atoms with E-state index in [1.165, 1.54) is 17.5 Å². The molecule has 2 rings (SSSR count). The average molecular weight is 255 g/mol. The fourth-order valence-electron chi connectivity index (χ4n) is 1.47. The van der Waals surface area contributed by atoms with Gasteiger partial charge in [-0.3, -0.25) is 9.48 Å². The van der Waals surface area contributed by atoms with E-state index in [0.29, 0.717) is 15.6 Å². The lowest BCUT2D eigenvalue weighted by atomic mass is 10.2. The summed E-state index contributed by atoms with van der Waals surface area (Å²) in [4.78, 5) is 12.9. The minimum absolute atomic E-state index is 0.0637. The largest absolute Gasteiger partial charge is 0.286 e. The Morgan fingerprint density at radius 2 is 2.31 bits per heavy atom. The first-order valence-corrected chi connectivity index (χ1v) is 6.18. The van der Waals surface area contributed by atoms with Crippen LogP contribution in [0.25, 0.3) is 0 Å². The van der Waals surface area contributed by atoms with Gasteiger partial charge in [-0.15, -0.1) is 11.3 Å². The van der Waals surface area contributed by atoms with Crippen molar-refractivity contribution in [1.82, 2.24) is 9.78 Å². The second-order valence-corrected chi connectivity index (χ2v) is 5.04. The highest BCUT2D eigenvalue weighted by atomic mass is 35.5. The second-order valence-electron chi connectivity index (χ2n) is 3.69. The van der Waals surface area contributed by atoms with Crippen LogP contribution in [0.15, 0.2) is 23.7 Å². The van der Waals surface area contributed by atoms with Crippen LogP contribution in [0.3, 0.4) is 0 Å². The number of hydrogen-bond donors (Lipinski definition) is 0. The molecule has 2 heterocycles. The minimum Gasteiger partial charge on any atom is -0.286 e. The molecule has 0 radical (unpaired) electrons. The zero-order valence-corrected chi connectivity index (χ0v) is 10.5. The highest BCUT2D eigenvalue weighted by molar-refractivity contribution is 7.12. The molecular formula is C11H11ClN2OS. The monoisotopic (exact) mass is 254 g/mol. The van der Waals surface area contributed by atoms with Crippen LogP contribution in [0.5, 0.6) is 0 Å². The lowest BCUT2D eigenvalue weighted by Crippen LogP contribution is -2.13. The highest BCUT2D eigenvalue weighted by Crippen LogP contribution is 2.23. The van der Waals surface area contributed by atoms with E-state index in [1.807, 2.05) is 25.3 Å². The van der Waals surface area contributed by atoms with Crippen molar-refractivity contribution in [1.29, 1.82) is 0 Å². The number of ketones is 1. The summed E-state index contributed by atoms with van der Waals surface area (Å²) < 4.78 is 1.66. The SMILES string of the molecule is CC(C)n1ncc(Cl)c1C(=O)c1cccs1. The second kappa shape index (κ2) is 4.39. The van der Waals surface area contributed by atoms with Gasteiger partial charge in [0.15, 0.2) is 0 Å². The van der Waals surface area contributed by atoms with Crippen molar-refractivity contribution in [3.8, 4) is 0 Å². The number of rotatable bonds is 3. The van der Waals surface area contributed by atoms with E-state index in [4.69, 9.17) is 11.6 Å². The maximum Gasteiger partial charge on any atom is 0.222 e. The van der Waals surface area contributed by atoms with Crippen LogP contribution in [-0.4, -0.2) is 15.6 Å². The van der Waals surface area contributed by atoms with Crippen LogP contribution in [0.4, 0.5) is 0 Å². The Morgan fingerprint density at radius 1 is 1.56 bits per heavy atom. The number of carbonyl (C=O) groups is 1. The smallest absolute Gasteiger partial charge is 0.222 e. The Bertz CT molecular complexity index is 502. The quantitative estimate of drug-likeness (QED) is 0.787. The zero-order valence-electron chi connectivity index (χ0n) is 8.98. The van der Waals surface area contributed by atoms with Crippen molar-refractivity contribution < 1.29 is 4.79 Å². The third-order valence-electron chi connectivity index (χ3n) is 2.20. The van der Waals surface area contributed by atoms with Gasteiger partial charge in [-0.1, -0.05) is 17.7 Å². The van der Waals surface area contributed by atoms with E-state index in [9.17, 15) is 4.79 Å². The summed E-state index contributed by atoms with van der Waals surface area (Å²) >= 11 is 7.41. The predicted molar refractivity (Wildman–Crippen MR) is 65.4 cm³/mol. The normalized spacial score (nSPS) is 11.0. The molecule has 0 saturated heterocycles. The Hall–Kier alpha value is -1.13. The van der Waals surface area contributed by atoms with Gasteiger partial charge in [0.1, 0.15) is 5.69 Å². The maximum atomic E-state index is 12.2. The summed E-state index contributed by atoms with van der Waals surface area (Å²) in [5, 5.41) is 6.40. The van der Waals surface area contributed by atoms with Crippen LogP contribution in [0, 0.1) is 0 Å². The molecule has 0 amide bonds. The average Bonchev–Trinajstić information content (AvgIpc) is 2.84. The summed E-state index contributed by atoms with van der Waals surface area (Å²) in [6.45, 7) is 3.93. The molecule has 3 nitrogen and oxygen atoms in total. The van der Waals surface area contributed by atoms with Crippen LogP contribution in [-0.2, 0) is 0 Å². The molecule has 2 aromatic heterocycles. The maximum absolute atomic E-state index is 12.2. The number of halogens is 1. The first kappa shape index (κ1) is 11.4. The van der Waals surface area contributed by atoms with Crippen molar-refractivity contribution in [2.24, 2.45) is 0 Å². The Kier molecular flexibility index (Phi) is 3.12. The molecule has 0 aromatic carbocycles. The van der Waals surface area contributed by atoms with Crippen molar-refractivity contribution in [2.45, 2.75) is 19.9 Å². The third kappa shape index (κ3) is 1.90. The van der Waals surface area contributed by atoms with Crippen LogP contribution >= 0.6 is 22.9 Å². The number of thiophene rings is 1. The van der Waals surface area contributed by atoms with Gasteiger partial charge in [0.25, 0.3) is 0 Å². The summed E-state index contributed by atoms with van der Waals surface area (Å²) in [7, 11) is 0. The molecule has 0 fully saturated rings. The van der Waals surface area contributed by atoms with Gasteiger partial charge in [-0.25, -0.2) is 0 Å². The Morgan fingerprint density at radius 3 is 2.88 bits per heavy atom. The third-order valence-corrected chi connectivity index (χ3v) is 3.35. The van der Waals surface area contributed by atoms with Crippen LogP contribution < -0.4 is 0 Å². The molecule has 0 unspecified atom stereocenters. The molecule has 2 aromatic rings. The summed E-state index contributed by atoms with van der Waals surface area (Å²) in [5.74, 6) is -0.0637. The lowest BCUT2D eigenvalue weighted by Gasteiger charge is -2.09. The van der Waals surface area contributed by atoms with E-state index in [-0.39, 0.29) is 11.8 Å². The minimum atomic E-state index is -0.0637. The van der Waals surface area contributed by atoms with Gasteiger partial charge in [-0.05, 0) is 25.3 Å². The summed E-state index contributed by atoms with van der Waals surface area (Å²) in [6, 6.07) is 3.76. The zero-order chi connectivity index (χ0) is 11.7. The fourth-order valence-corrected chi connectivity index (χ4v) is 2.35. The van der Waals surface area contributed by atoms with E-state index in [2.05, 4.69) is 5.10 Å². The van der Waals surface area contributed by atoms with Gasteiger partial charge in [0, 0.05) is 6.04 Å². The molecule has 0 spiro atoms. The van der Waals surface area contributed by atoms with Crippen molar-refractivity contribution in [2.75, 3.05) is 0 Å². The number of hydrogen-bond acceptors (Lipinski definition) is 3. The molecule has 5 heteroatoms. The lowest BCUT2D eigenvalue weighted by molar-refractivity contribution is 0.103. The number of aromatic nitrogens is 2. The molecular weight excluding hydrogens is 244 g/mol. The fraction of sp³-hybridized carbons (Fsp3) is 0.273. The van der Waals surface area contributed by atoms with Crippen molar-refractivity contribution >= 4 is 28.7 Å². The summed E-state index contributed by atoms with van der Waals surface area (Å²) in [6.07, 6.45) is 1.52. The molecule has 0 aliphatic rings. The van der Waals surface area contributed by atoms with Gasteiger partial charge in [-0.2, -0.15) is 5.10 Å². The Labute approximate surface area is 103 Å². The van der Waals surface area contributed by atoms with Crippen molar-refractivity contribution in [3.63, 3.8) is 0 Å². The van der Waals surface area contributed by atoms with E-state index in [1.54, 1.807) is 10.7 Å². The molecule has 0 atom stereocenters. The molecule has 0 aliphatic carbocycles. The molecule has 0 bridgehead atoms. The molecule has 0 N–H and O–H groups in total. The van der Waals surface area contributed by atoms with E-state index in [0.717, 1.165) is 0 Å². The molecule has 84 valence electrons. The first-order chi connectivity index (χ1) is 7.61. The topological polar surface area (TPSA) is 34.9 Å². The number of carbonyl (C=O) groups excluding carboxylic acids is 1. The van der Waals surface area contributed by atoms with E-state index < -0.39 is 0 Å². The standard InChI is InChI=1S/C11H11ClN2OS/c1-7(2)14-10(8(12)6-13-14)11(15)9-4-3-5-16-9/h3-7H,1-2H3. The first-order valence-electron chi connectivity index (χ1n) is 4.92. The van der Waals surface area contributed by atoms with Gasteiger partial charge in [0.2, 0.25) is 5.78 Å². The Balaban J connectivity index is 2.48. The van der Waals surface area contributed by atoms with Gasteiger partial charge >= 0.3 is 0 Å². The van der Waals surface area contributed by atoms with Crippen LogP contribution in [0.1, 0.15) is 35.3 Å². The van der Waals surface area contributed by atoms with Crippen LogP contribution in [0.2, 0.25) is 5.02 Å². The predicted octanol–water partition coefficient (Wildman–Crippen LogP) is 3.41. The van der Waals surface area contributed by atoms with Gasteiger partial charge in [0.05, 0.1) is 16.1 Å². The van der Waals surface area contributed by atoms with E-state index >= 15 is 0 Å². The highest BCUT2D eigenvalue weighted by Gasteiger charge is 2.20. The molecule has 0 saturated carbocycles. The van der Waals surface area contributed by atoms with Gasteiger partial charge < -0.3 is 0 Å².